The molecule has 0 aliphatic carbocycles. The van der Waals surface area contributed by atoms with Crippen LogP contribution in [0.3, 0.4) is 0 Å². The molecule has 2 rings (SSSR count). The molecular weight excluding hydrogens is 299 g/mol. The van der Waals surface area contributed by atoms with Crippen LogP contribution < -0.4 is 5.32 Å². The highest BCUT2D eigenvalue weighted by Crippen LogP contribution is 2.39. The lowest BCUT2D eigenvalue weighted by atomic mass is 10.1. The summed E-state index contributed by atoms with van der Waals surface area (Å²) >= 11 is 0.960. The quantitative estimate of drug-likeness (QED) is 0.912. The lowest BCUT2D eigenvalue weighted by Crippen LogP contribution is -2.13. The largest absolute Gasteiger partial charge is 0.417 e. The molecule has 0 bridgehead atoms. The van der Waals surface area contributed by atoms with Crippen LogP contribution in [-0.4, -0.2) is 16.5 Å². The van der Waals surface area contributed by atoms with Crippen molar-refractivity contribution in [3.05, 3.63) is 47.9 Å². The van der Waals surface area contributed by atoms with Gasteiger partial charge in [0.25, 0.3) is 0 Å². The summed E-state index contributed by atoms with van der Waals surface area (Å²) in [6.45, 7) is 3.02. The van der Waals surface area contributed by atoms with Crippen molar-refractivity contribution < 1.29 is 13.2 Å². The third-order valence-corrected chi connectivity index (χ3v) is 3.68. The normalized spacial score (nSPS) is 11.6. The van der Waals surface area contributed by atoms with Gasteiger partial charge in [-0.1, -0.05) is 24.8 Å². The average Bonchev–Trinajstić information content (AvgIpc) is 2.46. The fourth-order valence-corrected chi connectivity index (χ4v) is 2.59. The molecule has 112 valence electrons. The number of halogens is 3. The highest BCUT2D eigenvalue weighted by atomic mass is 32.2. The van der Waals surface area contributed by atoms with Crippen molar-refractivity contribution >= 4 is 11.8 Å². The van der Waals surface area contributed by atoms with Crippen molar-refractivity contribution in [2.45, 2.75) is 29.6 Å². The van der Waals surface area contributed by atoms with E-state index in [1.807, 2.05) is 6.92 Å². The molecule has 0 amide bonds. The van der Waals surface area contributed by atoms with Crippen LogP contribution in [0.5, 0.6) is 0 Å². The Labute approximate surface area is 125 Å². The number of hydrogen-bond acceptors (Lipinski definition) is 4. The fraction of sp³-hybridized carbons (Fsp3) is 0.286. The van der Waals surface area contributed by atoms with E-state index in [1.54, 1.807) is 6.07 Å². The number of nitrogens with zero attached hydrogens (tertiary/aromatic N) is 2. The lowest BCUT2D eigenvalue weighted by molar-refractivity contribution is -0.139. The smallest absolute Gasteiger partial charge is 0.313 e. The van der Waals surface area contributed by atoms with E-state index in [1.165, 1.54) is 30.7 Å². The maximum atomic E-state index is 13.2. The van der Waals surface area contributed by atoms with Crippen molar-refractivity contribution in [2.24, 2.45) is 0 Å². The molecule has 0 fully saturated rings. The molecule has 0 aliphatic heterocycles. The third-order valence-electron chi connectivity index (χ3n) is 2.68. The van der Waals surface area contributed by atoms with E-state index >= 15 is 0 Å². The van der Waals surface area contributed by atoms with E-state index in [0.29, 0.717) is 23.7 Å². The number of alkyl halides is 3. The summed E-state index contributed by atoms with van der Waals surface area (Å²) in [5.74, 6) is 0. The molecule has 0 saturated carbocycles. The van der Waals surface area contributed by atoms with Crippen LogP contribution in [0.2, 0.25) is 0 Å². The lowest BCUT2D eigenvalue weighted by Gasteiger charge is -2.14. The van der Waals surface area contributed by atoms with Gasteiger partial charge in [0.15, 0.2) is 0 Å². The zero-order chi connectivity index (χ0) is 15.3. The van der Waals surface area contributed by atoms with Crippen LogP contribution in [0, 0.1) is 0 Å². The molecule has 2 aromatic rings. The van der Waals surface area contributed by atoms with Gasteiger partial charge >= 0.3 is 6.18 Å². The minimum absolute atomic E-state index is 0.128. The van der Waals surface area contributed by atoms with Crippen LogP contribution in [0.4, 0.5) is 13.2 Å². The molecule has 0 radical (unpaired) electrons. The summed E-state index contributed by atoms with van der Waals surface area (Å²) in [4.78, 5) is 7.97. The predicted octanol–water partition coefficient (Wildman–Crippen LogP) is 3.76. The van der Waals surface area contributed by atoms with Crippen LogP contribution in [0.25, 0.3) is 0 Å². The number of aromatic nitrogens is 2. The summed E-state index contributed by atoms with van der Waals surface area (Å²) in [7, 11) is 0. The zero-order valence-electron chi connectivity index (χ0n) is 11.3. The second-order valence-electron chi connectivity index (χ2n) is 4.25. The Hall–Kier alpha value is -1.60. The summed E-state index contributed by atoms with van der Waals surface area (Å²) in [6, 6.07) is 4.35. The van der Waals surface area contributed by atoms with Gasteiger partial charge in [-0.05, 0) is 24.2 Å². The van der Waals surface area contributed by atoms with Crippen molar-refractivity contribution in [3.8, 4) is 0 Å². The molecule has 0 saturated heterocycles. The summed E-state index contributed by atoms with van der Waals surface area (Å²) in [5.41, 5.74) is -0.0405. The number of rotatable bonds is 5. The molecule has 1 aromatic heterocycles. The van der Waals surface area contributed by atoms with Gasteiger partial charge in [-0.3, -0.25) is 4.98 Å². The first kappa shape index (κ1) is 15.8. The molecule has 7 heteroatoms. The first-order valence-electron chi connectivity index (χ1n) is 6.35. The van der Waals surface area contributed by atoms with E-state index in [2.05, 4.69) is 15.3 Å². The first-order chi connectivity index (χ1) is 10.0. The van der Waals surface area contributed by atoms with Crippen LogP contribution in [0.15, 0.2) is 46.7 Å². The van der Waals surface area contributed by atoms with Crippen molar-refractivity contribution in [3.63, 3.8) is 0 Å². The summed E-state index contributed by atoms with van der Waals surface area (Å²) < 4.78 is 39.6. The molecule has 3 nitrogen and oxygen atoms in total. The molecule has 0 aliphatic rings. The summed E-state index contributed by atoms with van der Waals surface area (Å²) in [5, 5.41) is 3.45. The molecular formula is C14H14F3N3S. The molecule has 0 unspecified atom stereocenters. The van der Waals surface area contributed by atoms with Crippen LogP contribution in [0.1, 0.15) is 18.1 Å². The Morgan fingerprint density at radius 2 is 2.05 bits per heavy atom. The number of hydrogen-bond donors (Lipinski definition) is 1. The van der Waals surface area contributed by atoms with Gasteiger partial charge in [0, 0.05) is 23.8 Å². The summed E-state index contributed by atoms with van der Waals surface area (Å²) in [6.07, 6.45) is -0.0203. The molecule has 1 N–H and O–H groups in total. The van der Waals surface area contributed by atoms with Crippen LogP contribution in [-0.2, 0) is 12.7 Å². The Morgan fingerprint density at radius 1 is 1.24 bits per heavy atom. The van der Waals surface area contributed by atoms with Gasteiger partial charge in [-0.2, -0.15) is 13.2 Å². The highest BCUT2D eigenvalue weighted by molar-refractivity contribution is 7.99. The number of nitrogens with one attached hydrogen (secondary N) is 1. The predicted molar refractivity (Wildman–Crippen MR) is 75.0 cm³/mol. The van der Waals surface area contributed by atoms with E-state index in [0.717, 1.165) is 11.8 Å². The van der Waals surface area contributed by atoms with Crippen LogP contribution >= 0.6 is 11.8 Å². The Bertz CT molecular complexity index is 588. The standard InChI is InChI=1S/C14H14F3N3S/c1-2-18-8-10-3-4-12(11(7-10)14(15,16)17)21-13-9-19-5-6-20-13/h3-7,9,18H,2,8H2,1H3. The Morgan fingerprint density at radius 3 is 2.67 bits per heavy atom. The van der Waals surface area contributed by atoms with E-state index in [-0.39, 0.29) is 4.90 Å². The highest BCUT2D eigenvalue weighted by Gasteiger charge is 2.34. The maximum absolute atomic E-state index is 13.2. The van der Waals surface area contributed by atoms with E-state index in [9.17, 15) is 13.2 Å². The monoisotopic (exact) mass is 313 g/mol. The minimum Gasteiger partial charge on any atom is -0.313 e. The number of benzene rings is 1. The fourth-order valence-electron chi connectivity index (χ4n) is 1.72. The second-order valence-corrected chi connectivity index (χ2v) is 5.32. The maximum Gasteiger partial charge on any atom is 0.417 e. The zero-order valence-corrected chi connectivity index (χ0v) is 12.1. The van der Waals surface area contributed by atoms with Crippen molar-refractivity contribution in [1.82, 2.24) is 15.3 Å². The van der Waals surface area contributed by atoms with Crippen molar-refractivity contribution in [2.75, 3.05) is 6.54 Å². The van der Waals surface area contributed by atoms with Gasteiger partial charge in [0.1, 0.15) is 5.03 Å². The molecule has 1 aromatic carbocycles. The molecule has 1 heterocycles. The van der Waals surface area contributed by atoms with E-state index < -0.39 is 11.7 Å². The SMILES string of the molecule is CCNCc1ccc(Sc2cnccn2)c(C(F)(F)F)c1. The van der Waals surface area contributed by atoms with E-state index in [4.69, 9.17) is 0 Å². The molecule has 0 atom stereocenters. The Kier molecular flexibility index (Phi) is 5.19. The van der Waals surface area contributed by atoms with Crippen molar-refractivity contribution in [1.29, 1.82) is 0 Å². The van der Waals surface area contributed by atoms with Gasteiger partial charge in [0.05, 0.1) is 11.8 Å². The molecule has 0 spiro atoms. The van der Waals surface area contributed by atoms with Gasteiger partial charge in [-0.15, -0.1) is 0 Å². The van der Waals surface area contributed by atoms with Gasteiger partial charge in [0.2, 0.25) is 0 Å². The van der Waals surface area contributed by atoms with Gasteiger partial charge < -0.3 is 5.32 Å². The molecule has 21 heavy (non-hydrogen) atoms. The van der Waals surface area contributed by atoms with Gasteiger partial charge in [-0.25, -0.2) is 4.98 Å². The second kappa shape index (κ2) is 6.91. The topological polar surface area (TPSA) is 37.8 Å². The minimum atomic E-state index is -4.40. The average molecular weight is 313 g/mol. The Balaban J connectivity index is 2.31. The third kappa shape index (κ3) is 4.44. The first-order valence-corrected chi connectivity index (χ1v) is 7.17.